The van der Waals surface area contributed by atoms with Crippen LogP contribution in [0.15, 0.2) is 57.5 Å². The Bertz CT molecular complexity index is 1130. The summed E-state index contributed by atoms with van der Waals surface area (Å²) in [6.45, 7) is 0. The topological polar surface area (TPSA) is 70.3 Å². The Kier molecular flexibility index (Phi) is 6.03. The number of ether oxygens (including phenoxy) is 2. The molecule has 0 saturated carbocycles. The zero-order valence-electron chi connectivity index (χ0n) is 15.6. The third-order valence-electron chi connectivity index (χ3n) is 4.04. The van der Waals surface area contributed by atoms with E-state index in [2.05, 4.69) is 15.2 Å². The normalized spacial score (nSPS) is 10.9. The van der Waals surface area contributed by atoms with Crippen molar-refractivity contribution in [2.24, 2.45) is 0 Å². The van der Waals surface area contributed by atoms with E-state index < -0.39 is 0 Å². The smallest absolute Gasteiger partial charge is 0.277 e. The Morgan fingerprint density at radius 1 is 1.07 bits per heavy atom. The maximum Gasteiger partial charge on any atom is 0.277 e. The van der Waals surface area contributed by atoms with E-state index in [0.29, 0.717) is 33.4 Å². The van der Waals surface area contributed by atoms with Crippen molar-refractivity contribution < 1.29 is 13.9 Å². The van der Waals surface area contributed by atoms with E-state index in [1.165, 1.54) is 11.8 Å². The molecule has 0 spiro atoms. The fourth-order valence-corrected chi connectivity index (χ4v) is 4.52. The second-order valence-electron chi connectivity index (χ2n) is 5.86. The third-order valence-corrected chi connectivity index (χ3v) is 6.14. The van der Waals surface area contributed by atoms with Crippen LogP contribution in [0.3, 0.4) is 0 Å². The van der Waals surface area contributed by atoms with Crippen LogP contribution >= 0.6 is 34.7 Å². The molecule has 148 valence electrons. The van der Waals surface area contributed by atoms with Gasteiger partial charge in [-0.2, -0.15) is 0 Å². The van der Waals surface area contributed by atoms with E-state index in [-0.39, 0.29) is 0 Å². The quantitative estimate of drug-likeness (QED) is 0.332. The summed E-state index contributed by atoms with van der Waals surface area (Å²) in [6, 6.07) is 13.1. The number of hydrogen-bond donors (Lipinski definition) is 0. The standard InChI is InChI=1S/C20H16ClN3O3S2/c1-25-16-8-7-12(9-17(16)26-2)18-23-24-20(27-18)29-11-13-10-28-19(22-13)14-5-3-4-6-15(14)21/h3-10H,11H2,1-2H3. The van der Waals surface area contributed by atoms with Gasteiger partial charge >= 0.3 is 0 Å². The Hall–Kier alpha value is -2.55. The van der Waals surface area contributed by atoms with Gasteiger partial charge in [0.25, 0.3) is 5.22 Å². The summed E-state index contributed by atoms with van der Waals surface area (Å²) >= 11 is 9.25. The van der Waals surface area contributed by atoms with Crippen LogP contribution in [0.1, 0.15) is 5.69 Å². The highest BCUT2D eigenvalue weighted by atomic mass is 35.5. The van der Waals surface area contributed by atoms with E-state index in [0.717, 1.165) is 21.8 Å². The molecule has 0 N–H and O–H groups in total. The van der Waals surface area contributed by atoms with Gasteiger partial charge in [0.2, 0.25) is 5.89 Å². The van der Waals surface area contributed by atoms with Crippen molar-refractivity contribution in [3.05, 3.63) is 58.6 Å². The van der Waals surface area contributed by atoms with Crippen molar-refractivity contribution in [2.75, 3.05) is 14.2 Å². The minimum atomic E-state index is 0.420. The molecule has 0 aliphatic rings. The highest BCUT2D eigenvalue weighted by molar-refractivity contribution is 7.98. The van der Waals surface area contributed by atoms with Gasteiger partial charge in [-0.05, 0) is 24.3 Å². The largest absolute Gasteiger partial charge is 0.493 e. The lowest BCUT2D eigenvalue weighted by Crippen LogP contribution is -1.90. The molecule has 9 heteroatoms. The summed E-state index contributed by atoms with van der Waals surface area (Å²) in [4.78, 5) is 4.66. The van der Waals surface area contributed by atoms with Gasteiger partial charge in [0.1, 0.15) is 5.01 Å². The fourth-order valence-electron chi connectivity index (χ4n) is 2.62. The summed E-state index contributed by atoms with van der Waals surface area (Å²) in [7, 11) is 3.18. The van der Waals surface area contributed by atoms with Crippen molar-refractivity contribution in [3.63, 3.8) is 0 Å². The van der Waals surface area contributed by atoms with Crippen LogP contribution in [0.5, 0.6) is 11.5 Å². The molecule has 2 aromatic carbocycles. The summed E-state index contributed by atoms with van der Waals surface area (Å²) in [5.74, 6) is 2.29. The number of rotatable bonds is 7. The number of halogens is 1. The van der Waals surface area contributed by atoms with E-state index in [9.17, 15) is 0 Å². The molecule has 0 bridgehead atoms. The molecule has 0 radical (unpaired) electrons. The number of hydrogen-bond acceptors (Lipinski definition) is 8. The minimum Gasteiger partial charge on any atom is -0.493 e. The van der Waals surface area contributed by atoms with Crippen LogP contribution in [0.2, 0.25) is 5.02 Å². The lowest BCUT2D eigenvalue weighted by atomic mass is 10.2. The summed E-state index contributed by atoms with van der Waals surface area (Å²) in [5, 5.41) is 12.3. The van der Waals surface area contributed by atoms with E-state index >= 15 is 0 Å². The van der Waals surface area contributed by atoms with Crippen molar-refractivity contribution in [1.29, 1.82) is 0 Å². The zero-order valence-corrected chi connectivity index (χ0v) is 18.0. The number of thiazole rings is 1. The number of nitrogens with zero attached hydrogens (tertiary/aromatic N) is 3. The van der Waals surface area contributed by atoms with Crippen LogP contribution in [-0.4, -0.2) is 29.4 Å². The molecule has 6 nitrogen and oxygen atoms in total. The molecule has 0 saturated heterocycles. The molecule has 0 aliphatic carbocycles. The second-order valence-corrected chi connectivity index (χ2v) is 8.05. The molecular weight excluding hydrogens is 430 g/mol. The third kappa shape index (κ3) is 4.39. The Morgan fingerprint density at radius 3 is 2.69 bits per heavy atom. The fraction of sp³-hybridized carbons (Fsp3) is 0.150. The first kappa shape index (κ1) is 19.8. The first-order chi connectivity index (χ1) is 14.2. The van der Waals surface area contributed by atoms with Crippen LogP contribution in [0.25, 0.3) is 22.0 Å². The summed E-state index contributed by atoms with van der Waals surface area (Å²) in [5.41, 5.74) is 2.63. The van der Waals surface area contributed by atoms with Gasteiger partial charge in [0, 0.05) is 22.3 Å². The average Bonchev–Trinajstić information content (AvgIpc) is 3.42. The maximum atomic E-state index is 6.25. The number of benzene rings is 2. The molecular formula is C20H16ClN3O3S2. The van der Waals surface area contributed by atoms with Gasteiger partial charge in [-0.15, -0.1) is 21.5 Å². The van der Waals surface area contributed by atoms with Crippen LogP contribution in [-0.2, 0) is 5.75 Å². The van der Waals surface area contributed by atoms with Gasteiger partial charge in [-0.25, -0.2) is 4.98 Å². The maximum absolute atomic E-state index is 6.25. The SMILES string of the molecule is COc1ccc(-c2nnc(SCc3csc(-c4ccccc4Cl)n3)o2)cc1OC. The van der Waals surface area contributed by atoms with Crippen LogP contribution in [0, 0.1) is 0 Å². The Balaban J connectivity index is 1.45. The molecule has 0 atom stereocenters. The van der Waals surface area contributed by atoms with Crippen LogP contribution < -0.4 is 9.47 Å². The molecule has 4 aromatic rings. The van der Waals surface area contributed by atoms with E-state index in [4.69, 9.17) is 25.5 Å². The van der Waals surface area contributed by atoms with Gasteiger partial charge < -0.3 is 13.9 Å². The lowest BCUT2D eigenvalue weighted by Gasteiger charge is -2.07. The van der Waals surface area contributed by atoms with Gasteiger partial charge in [-0.1, -0.05) is 41.6 Å². The molecule has 4 rings (SSSR count). The molecule has 29 heavy (non-hydrogen) atoms. The Labute approximate surface area is 180 Å². The summed E-state index contributed by atoms with van der Waals surface area (Å²) in [6.07, 6.45) is 0. The van der Waals surface area contributed by atoms with Gasteiger partial charge in [0.05, 0.1) is 24.9 Å². The zero-order chi connectivity index (χ0) is 20.2. The van der Waals surface area contributed by atoms with Crippen molar-refractivity contribution >= 4 is 34.7 Å². The minimum absolute atomic E-state index is 0.420. The first-order valence-electron chi connectivity index (χ1n) is 8.56. The van der Waals surface area contributed by atoms with E-state index in [1.54, 1.807) is 37.7 Å². The van der Waals surface area contributed by atoms with Crippen molar-refractivity contribution in [1.82, 2.24) is 15.2 Å². The van der Waals surface area contributed by atoms with Gasteiger partial charge in [-0.3, -0.25) is 0 Å². The highest BCUT2D eigenvalue weighted by Gasteiger charge is 2.14. The summed E-state index contributed by atoms with van der Waals surface area (Å²) < 4.78 is 16.3. The molecule has 0 fully saturated rings. The lowest BCUT2D eigenvalue weighted by molar-refractivity contribution is 0.355. The number of methoxy groups -OCH3 is 2. The first-order valence-corrected chi connectivity index (χ1v) is 10.8. The molecule has 2 heterocycles. The predicted molar refractivity (Wildman–Crippen MR) is 115 cm³/mol. The monoisotopic (exact) mass is 445 g/mol. The highest BCUT2D eigenvalue weighted by Crippen LogP contribution is 2.34. The van der Waals surface area contributed by atoms with Crippen molar-refractivity contribution in [2.45, 2.75) is 11.0 Å². The molecule has 0 unspecified atom stereocenters. The van der Waals surface area contributed by atoms with Crippen molar-refractivity contribution in [3.8, 4) is 33.5 Å². The molecule has 2 aromatic heterocycles. The number of thioether (sulfide) groups is 1. The van der Waals surface area contributed by atoms with Gasteiger partial charge in [0.15, 0.2) is 11.5 Å². The molecule has 0 aliphatic heterocycles. The number of aromatic nitrogens is 3. The average molecular weight is 446 g/mol. The van der Waals surface area contributed by atoms with E-state index in [1.807, 2.05) is 35.7 Å². The van der Waals surface area contributed by atoms with Crippen LogP contribution in [0.4, 0.5) is 0 Å². The Morgan fingerprint density at radius 2 is 1.90 bits per heavy atom. The predicted octanol–water partition coefficient (Wildman–Crippen LogP) is 5.82. The molecule has 0 amide bonds. The second kappa shape index (κ2) is 8.86.